The van der Waals surface area contributed by atoms with Gasteiger partial charge in [0.1, 0.15) is 5.25 Å². The van der Waals surface area contributed by atoms with Crippen LogP contribution in [-0.4, -0.2) is 44.8 Å². The molecular weight excluding hydrogens is 288 g/mol. The maximum atomic E-state index is 12.4. The van der Waals surface area contributed by atoms with Gasteiger partial charge in [-0.3, -0.25) is 0 Å². The summed E-state index contributed by atoms with van der Waals surface area (Å²) in [5.41, 5.74) is 1.49. The Morgan fingerprint density at radius 2 is 1.84 bits per heavy atom. The van der Waals surface area contributed by atoms with Gasteiger partial charge in [-0.1, -0.05) is 17.7 Å². The van der Waals surface area contributed by atoms with Crippen LogP contribution in [0.5, 0.6) is 0 Å². The van der Waals surface area contributed by atoms with Crippen LogP contribution in [0.15, 0.2) is 23.1 Å². The molecule has 0 aliphatic carbocycles. The quantitative estimate of drug-likeness (QED) is 0.845. The topological polar surface area (TPSA) is 88.5 Å². The summed E-state index contributed by atoms with van der Waals surface area (Å²) in [4.78, 5) is 0.0965. The lowest BCUT2D eigenvalue weighted by molar-refractivity contribution is 0.204. The van der Waals surface area contributed by atoms with Crippen LogP contribution in [0.4, 0.5) is 0 Å². The van der Waals surface area contributed by atoms with Crippen molar-refractivity contribution in [1.82, 2.24) is 0 Å². The minimum atomic E-state index is -3.84. The van der Waals surface area contributed by atoms with Crippen LogP contribution in [0.25, 0.3) is 0 Å². The molecule has 0 amide bonds. The van der Waals surface area contributed by atoms with E-state index >= 15 is 0 Å². The molecule has 0 radical (unpaired) electrons. The highest BCUT2D eigenvalue weighted by Gasteiger charge is 2.45. The SMILES string of the molecule is Cc1ccc(S(=O)(=O)C2CS(=O)(=O)CC2O)c(C)c1. The molecule has 19 heavy (non-hydrogen) atoms. The number of benzene rings is 1. The molecule has 1 heterocycles. The molecule has 2 rings (SSSR count). The molecular formula is C12H16O5S2. The number of aliphatic hydroxyl groups is 1. The van der Waals surface area contributed by atoms with Crippen molar-refractivity contribution in [2.24, 2.45) is 0 Å². The van der Waals surface area contributed by atoms with Gasteiger partial charge in [0.25, 0.3) is 0 Å². The van der Waals surface area contributed by atoms with Gasteiger partial charge in [0.05, 0.1) is 22.5 Å². The predicted molar refractivity (Wildman–Crippen MR) is 71.6 cm³/mol. The third-order valence-electron chi connectivity index (χ3n) is 3.31. The molecule has 2 atom stereocenters. The van der Waals surface area contributed by atoms with Gasteiger partial charge < -0.3 is 5.11 Å². The van der Waals surface area contributed by atoms with E-state index in [0.29, 0.717) is 5.56 Å². The number of sulfone groups is 2. The Labute approximate surface area is 113 Å². The molecule has 0 spiro atoms. The molecule has 1 N–H and O–H groups in total. The fourth-order valence-electron chi connectivity index (χ4n) is 2.37. The van der Waals surface area contributed by atoms with Crippen molar-refractivity contribution in [3.8, 4) is 0 Å². The average molecular weight is 304 g/mol. The summed E-state index contributed by atoms with van der Waals surface area (Å²) in [6, 6.07) is 4.86. The van der Waals surface area contributed by atoms with E-state index in [1.165, 1.54) is 6.07 Å². The van der Waals surface area contributed by atoms with E-state index in [1.807, 2.05) is 6.92 Å². The fraction of sp³-hybridized carbons (Fsp3) is 0.500. The van der Waals surface area contributed by atoms with E-state index < -0.39 is 42.5 Å². The molecule has 2 unspecified atom stereocenters. The summed E-state index contributed by atoms with van der Waals surface area (Å²) < 4.78 is 47.8. The van der Waals surface area contributed by atoms with Gasteiger partial charge in [-0.2, -0.15) is 0 Å². The molecule has 1 aliphatic rings. The Kier molecular flexibility index (Phi) is 3.49. The number of hydrogen-bond acceptors (Lipinski definition) is 5. The van der Waals surface area contributed by atoms with Crippen molar-refractivity contribution in [1.29, 1.82) is 0 Å². The third kappa shape index (κ3) is 2.68. The summed E-state index contributed by atoms with van der Waals surface area (Å²) in [6.45, 7) is 3.51. The number of aryl methyl sites for hydroxylation is 2. The highest BCUT2D eigenvalue weighted by molar-refractivity contribution is 7.96. The Balaban J connectivity index is 2.49. The lowest BCUT2D eigenvalue weighted by Gasteiger charge is -2.16. The van der Waals surface area contributed by atoms with Crippen molar-refractivity contribution in [3.05, 3.63) is 29.3 Å². The third-order valence-corrected chi connectivity index (χ3v) is 7.58. The first-order valence-electron chi connectivity index (χ1n) is 5.83. The first-order valence-corrected chi connectivity index (χ1v) is 9.20. The van der Waals surface area contributed by atoms with Crippen molar-refractivity contribution < 1.29 is 21.9 Å². The van der Waals surface area contributed by atoms with Gasteiger partial charge in [-0.15, -0.1) is 0 Å². The largest absolute Gasteiger partial charge is 0.391 e. The van der Waals surface area contributed by atoms with E-state index in [0.717, 1.165) is 5.56 Å². The van der Waals surface area contributed by atoms with Crippen molar-refractivity contribution in [2.45, 2.75) is 30.1 Å². The molecule has 1 aromatic rings. The predicted octanol–water partition coefficient (Wildman–Crippen LogP) is 0.235. The van der Waals surface area contributed by atoms with Gasteiger partial charge >= 0.3 is 0 Å². The van der Waals surface area contributed by atoms with E-state index in [9.17, 15) is 21.9 Å². The zero-order valence-corrected chi connectivity index (χ0v) is 12.3. The second kappa shape index (κ2) is 4.57. The van der Waals surface area contributed by atoms with Crippen LogP contribution in [0.2, 0.25) is 0 Å². The molecule has 0 aromatic heterocycles. The molecule has 1 fully saturated rings. The van der Waals surface area contributed by atoms with Crippen LogP contribution in [-0.2, 0) is 19.7 Å². The Morgan fingerprint density at radius 1 is 1.21 bits per heavy atom. The molecule has 5 nitrogen and oxygen atoms in total. The van der Waals surface area contributed by atoms with Gasteiger partial charge in [0, 0.05) is 0 Å². The van der Waals surface area contributed by atoms with E-state index in [1.54, 1.807) is 19.1 Å². The molecule has 1 aromatic carbocycles. The smallest absolute Gasteiger partial charge is 0.185 e. The van der Waals surface area contributed by atoms with E-state index in [4.69, 9.17) is 0 Å². The van der Waals surface area contributed by atoms with Crippen LogP contribution in [0.3, 0.4) is 0 Å². The van der Waals surface area contributed by atoms with Crippen molar-refractivity contribution in [3.63, 3.8) is 0 Å². The summed E-state index contributed by atoms with van der Waals surface area (Å²) >= 11 is 0. The summed E-state index contributed by atoms with van der Waals surface area (Å²) in [5, 5.41) is 8.44. The lowest BCUT2D eigenvalue weighted by atomic mass is 10.2. The van der Waals surface area contributed by atoms with Crippen LogP contribution >= 0.6 is 0 Å². The molecule has 0 saturated carbocycles. The van der Waals surface area contributed by atoms with Gasteiger partial charge in [0.15, 0.2) is 19.7 Å². The lowest BCUT2D eigenvalue weighted by Crippen LogP contribution is -2.33. The number of rotatable bonds is 2. The van der Waals surface area contributed by atoms with E-state index in [-0.39, 0.29) is 4.90 Å². The van der Waals surface area contributed by atoms with Crippen LogP contribution < -0.4 is 0 Å². The Bertz CT molecular complexity index is 704. The highest BCUT2D eigenvalue weighted by atomic mass is 32.2. The van der Waals surface area contributed by atoms with Crippen molar-refractivity contribution in [2.75, 3.05) is 11.5 Å². The zero-order chi connectivity index (χ0) is 14.4. The highest BCUT2D eigenvalue weighted by Crippen LogP contribution is 2.28. The van der Waals surface area contributed by atoms with E-state index in [2.05, 4.69) is 0 Å². The minimum Gasteiger partial charge on any atom is -0.391 e. The maximum absolute atomic E-state index is 12.4. The van der Waals surface area contributed by atoms with Gasteiger partial charge in [0.2, 0.25) is 0 Å². The van der Waals surface area contributed by atoms with Crippen LogP contribution in [0.1, 0.15) is 11.1 Å². The Morgan fingerprint density at radius 3 is 2.32 bits per heavy atom. The Hall–Kier alpha value is -0.920. The molecule has 1 aliphatic heterocycles. The summed E-state index contributed by atoms with van der Waals surface area (Å²) in [7, 11) is -7.32. The first-order chi connectivity index (χ1) is 8.63. The zero-order valence-electron chi connectivity index (χ0n) is 10.7. The van der Waals surface area contributed by atoms with Gasteiger partial charge in [-0.25, -0.2) is 16.8 Å². The molecule has 1 saturated heterocycles. The second-order valence-electron chi connectivity index (χ2n) is 5.00. The second-order valence-corrected chi connectivity index (χ2v) is 9.29. The maximum Gasteiger partial charge on any atom is 0.185 e. The van der Waals surface area contributed by atoms with Crippen molar-refractivity contribution >= 4 is 19.7 Å². The summed E-state index contributed by atoms with van der Waals surface area (Å²) in [6.07, 6.45) is -1.35. The standard InChI is InChI=1S/C12H16O5S2/c1-8-3-4-11(9(2)5-8)19(16,17)12-7-18(14,15)6-10(12)13/h3-5,10,12-13H,6-7H2,1-2H3. The van der Waals surface area contributed by atoms with Gasteiger partial charge in [-0.05, 0) is 25.5 Å². The molecule has 106 valence electrons. The monoisotopic (exact) mass is 304 g/mol. The summed E-state index contributed by atoms with van der Waals surface area (Å²) in [5.74, 6) is -0.994. The fourth-order valence-corrected chi connectivity index (χ4v) is 7.05. The normalized spacial score (nSPS) is 26.5. The van der Waals surface area contributed by atoms with Crippen LogP contribution in [0, 0.1) is 13.8 Å². The minimum absolute atomic E-state index is 0.0965. The average Bonchev–Trinajstić information content (AvgIpc) is 2.52. The number of aliphatic hydroxyl groups excluding tert-OH is 1. The molecule has 7 heteroatoms. The first kappa shape index (κ1) is 14.5. The molecule has 0 bridgehead atoms. The number of hydrogen-bond donors (Lipinski definition) is 1.